The highest BCUT2D eigenvalue weighted by Crippen LogP contribution is 2.11. The van der Waals surface area contributed by atoms with E-state index < -0.39 is 8.80 Å². The minimum Gasteiger partial charge on any atom is -0.250 e. The van der Waals surface area contributed by atoms with Gasteiger partial charge < -0.3 is 0 Å². The fourth-order valence-electron chi connectivity index (χ4n) is 0.967. The maximum atomic E-state index is 4.39. The largest absolute Gasteiger partial charge is 0.250 e. The summed E-state index contributed by atoms with van der Waals surface area (Å²) >= 11 is 1.80. The zero-order valence-corrected chi connectivity index (χ0v) is 9.84. The number of rotatable bonds is 3. The first-order valence-electron chi connectivity index (χ1n) is 4.32. The topological polar surface area (TPSA) is 12.9 Å². The Bertz CT molecular complexity index is 233. The molecule has 3 heteroatoms. The molecule has 0 radical (unpaired) electrons. The monoisotopic (exact) mass is 197 g/mol. The van der Waals surface area contributed by atoms with E-state index in [1.165, 1.54) is 5.19 Å². The maximum absolute atomic E-state index is 4.39. The first-order chi connectivity index (χ1) is 5.74. The van der Waals surface area contributed by atoms with E-state index in [9.17, 15) is 0 Å². The number of hydrogen-bond acceptors (Lipinski definition) is 2. The summed E-state index contributed by atoms with van der Waals surface area (Å²) in [5.41, 5.74) is 0. The third kappa shape index (κ3) is 2.64. The normalized spacial score (nSPS) is 10.7. The lowest BCUT2D eigenvalue weighted by Crippen LogP contribution is -2.22. The number of hydrogen-bond donors (Lipinski definition) is 0. The quantitative estimate of drug-likeness (QED) is 0.542. The van der Waals surface area contributed by atoms with Crippen LogP contribution in [0.1, 0.15) is 6.92 Å². The summed E-state index contributed by atoms with van der Waals surface area (Å²) in [4.78, 5) is 4.39. The van der Waals surface area contributed by atoms with Crippen LogP contribution in [0.2, 0.25) is 13.1 Å². The Labute approximate surface area is 80.2 Å². The summed E-state index contributed by atoms with van der Waals surface area (Å²) < 4.78 is 0. The molecule has 0 aliphatic carbocycles. The summed E-state index contributed by atoms with van der Waals surface area (Å²) in [6.45, 7) is 6.80. The van der Waals surface area contributed by atoms with Gasteiger partial charge in [-0.1, -0.05) is 26.1 Å². The van der Waals surface area contributed by atoms with Crippen LogP contribution in [0.3, 0.4) is 0 Å². The van der Waals surface area contributed by atoms with Crippen molar-refractivity contribution in [2.45, 2.75) is 25.0 Å². The van der Waals surface area contributed by atoms with Gasteiger partial charge in [-0.15, -0.1) is 11.8 Å². The van der Waals surface area contributed by atoms with Gasteiger partial charge in [0.15, 0.2) is 0 Å². The van der Waals surface area contributed by atoms with Gasteiger partial charge in [0.05, 0.1) is 13.8 Å². The van der Waals surface area contributed by atoms with Crippen molar-refractivity contribution < 1.29 is 0 Å². The van der Waals surface area contributed by atoms with E-state index in [0.717, 1.165) is 10.8 Å². The summed E-state index contributed by atoms with van der Waals surface area (Å²) in [7, 11) is -0.641. The zero-order chi connectivity index (χ0) is 8.97. The summed E-state index contributed by atoms with van der Waals surface area (Å²) in [5, 5.41) is 2.60. The minimum atomic E-state index is -0.641. The third-order valence-corrected chi connectivity index (χ3v) is 4.22. The minimum absolute atomic E-state index is 0.641. The van der Waals surface area contributed by atoms with Crippen LogP contribution in [0.15, 0.2) is 23.4 Å². The van der Waals surface area contributed by atoms with Crippen molar-refractivity contribution in [3.05, 3.63) is 18.3 Å². The van der Waals surface area contributed by atoms with Crippen LogP contribution in [0.5, 0.6) is 0 Å². The predicted molar refractivity (Wildman–Crippen MR) is 59.1 cm³/mol. The van der Waals surface area contributed by atoms with E-state index in [0.29, 0.717) is 0 Å². The Morgan fingerprint density at radius 3 is 2.58 bits per heavy atom. The van der Waals surface area contributed by atoms with Crippen molar-refractivity contribution in [2.24, 2.45) is 0 Å². The number of thioether (sulfide) groups is 1. The standard InChI is InChI=1S/C9H15NSSi/c1-4-11-9-6-5-8(7-10-9)12(2)3/h5-7,12H,4H2,1-3H3. The van der Waals surface area contributed by atoms with Crippen LogP contribution in [-0.4, -0.2) is 19.5 Å². The number of pyridine rings is 1. The van der Waals surface area contributed by atoms with Crippen molar-refractivity contribution >= 4 is 25.7 Å². The third-order valence-electron chi connectivity index (χ3n) is 1.72. The van der Waals surface area contributed by atoms with E-state index in [4.69, 9.17) is 0 Å². The Morgan fingerprint density at radius 2 is 2.17 bits per heavy atom. The van der Waals surface area contributed by atoms with Crippen molar-refractivity contribution in [1.82, 2.24) is 4.98 Å². The molecule has 1 aromatic heterocycles. The lowest BCUT2D eigenvalue weighted by Gasteiger charge is -2.03. The molecule has 0 unspecified atom stereocenters. The Balaban J connectivity index is 2.71. The average Bonchev–Trinajstić information content (AvgIpc) is 2.06. The molecule has 1 heterocycles. The average molecular weight is 197 g/mol. The van der Waals surface area contributed by atoms with Gasteiger partial charge in [-0.3, -0.25) is 4.98 Å². The molecule has 66 valence electrons. The molecule has 0 aliphatic heterocycles. The van der Waals surface area contributed by atoms with Crippen molar-refractivity contribution in [1.29, 1.82) is 0 Å². The van der Waals surface area contributed by atoms with Crippen LogP contribution in [0.25, 0.3) is 0 Å². The van der Waals surface area contributed by atoms with Crippen molar-refractivity contribution in [2.75, 3.05) is 5.75 Å². The lowest BCUT2D eigenvalue weighted by atomic mass is 10.5. The van der Waals surface area contributed by atoms with Crippen LogP contribution in [0.4, 0.5) is 0 Å². The van der Waals surface area contributed by atoms with Crippen LogP contribution < -0.4 is 5.19 Å². The smallest absolute Gasteiger partial charge is 0.0959 e. The lowest BCUT2D eigenvalue weighted by molar-refractivity contribution is 1.14. The summed E-state index contributed by atoms with van der Waals surface area (Å²) in [6.07, 6.45) is 2.04. The van der Waals surface area contributed by atoms with Gasteiger partial charge in [0.2, 0.25) is 0 Å². The molecule has 0 aromatic carbocycles. The van der Waals surface area contributed by atoms with Gasteiger partial charge in [0, 0.05) is 6.20 Å². The van der Waals surface area contributed by atoms with E-state index >= 15 is 0 Å². The van der Waals surface area contributed by atoms with Crippen molar-refractivity contribution in [3.8, 4) is 0 Å². The fourth-order valence-corrected chi connectivity index (χ4v) is 2.41. The van der Waals surface area contributed by atoms with Crippen molar-refractivity contribution in [3.63, 3.8) is 0 Å². The molecule has 0 N–H and O–H groups in total. The molecule has 1 rings (SSSR count). The number of nitrogens with zero attached hydrogens (tertiary/aromatic N) is 1. The molecule has 0 saturated carbocycles. The molecular formula is C9H15NSSi. The van der Waals surface area contributed by atoms with Crippen LogP contribution in [0, 0.1) is 0 Å². The molecule has 0 spiro atoms. The molecule has 0 aliphatic rings. The van der Waals surface area contributed by atoms with Gasteiger partial charge in [-0.25, -0.2) is 0 Å². The molecular weight excluding hydrogens is 182 g/mol. The van der Waals surface area contributed by atoms with Gasteiger partial charge in [-0.05, 0) is 17.0 Å². The van der Waals surface area contributed by atoms with E-state index in [1.54, 1.807) is 11.8 Å². The van der Waals surface area contributed by atoms with E-state index in [1.807, 2.05) is 6.20 Å². The first kappa shape index (κ1) is 9.80. The second-order valence-corrected chi connectivity index (χ2v) is 7.28. The predicted octanol–water partition coefficient (Wildman–Crippen LogP) is 1.89. The Kier molecular flexibility index (Phi) is 3.82. The van der Waals surface area contributed by atoms with Gasteiger partial charge >= 0.3 is 0 Å². The second kappa shape index (κ2) is 4.67. The molecule has 0 atom stereocenters. The summed E-state index contributed by atoms with van der Waals surface area (Å²) in [5.74, 6) is 1.10. The Morgan fingerprint density at radius 1 is 1.42 bits per heavy atom. The Hall–Kier alpha value is -0.283. The van der Waals surface area contributed by atoms with E-state index in [2.05, 4.69) is 37.1 Å². The van der Waals surface area contributed by atoms with Crippen LogP contribution in [-0.2, 0) is 0 Å². The highest BCUT2D eigenvalue weighted by Gasteiger charge is 2.00. The summed E-state index contributed by atoms with van der Waals surface area (Å²) in [6, 6.07) is 4.36. The highest BCUT2D eigenvalue weighted by atomic mass is 32.2. The van der Waals surface area contributed by atoms with E-state index in [-0.39, 0.29) is 0 Å². The van der Waals surface area contributed by atoms with Crippen LogP contribution >= 0.6 is 11.8 Å². The molecule has 12 heavy (non-hydrogen) atoms. The molecule has 0 bridgehead atoms. The molecule has 1 aromatic rings. The molecule has 0 saturated heterocycles. The van der Waals surface area contributed by atoms with Gasteiger partial charge in [0.1, 0.15) is 0 Å². The molecule has 0 fully saturated rings. The molecule has 1 nitrogen and oxygen atoms in total. The highest BCUT2D eigenvalue weighted by molar-refractivity contribution is 7.99. The first-order valence-corrected chi connectivity index (χ1v) is 8.20. The second-order valence-electron chi connectivity index (χ2n) is 3.02. The zero-order valence-electron chi connectivity index (χ0n) is 7.87. The van der Waals surface area contributed by atoms with Gasteiger partial charge in [-0.2, -0.15) is 0 Å². The molecule has 0 amide bonds. The SMILES string of the molecule is CCSc1ccc([SiH](C)C)cn1. The fraction of sp³-hybridized carbons (Fsp3) is 0.444. The van der Waals surface area contributed by atoms with Gasteiger partial charge in [0.25, 0.3) is 0 Å². The number of aromatic nitrogens is 1. The maximum Gasteiger partial charge on any atom is 0.0959 e.